The van der Waals surface area contributed by atoms with E-state index in [2.05, 4.69) is 0 Å². The number of ether oxygens (including phenoxy) is 3. The molecule has 4 atom stereocenters. The number of carbonyl (C=O) groups excluding carboxylic acids is 2. The lowest BCUT2D eigenvalue weighted by molar-refractivity contribution is -0.180. The van der Waals surface area contributed by atoms with Crippen molar-refractivity contribution in [3.63, 3.8) is 0 Å². The number of anilines is 1. The smallest absolute Gasteiger partial charge is 0.241 e. The Morgan fingerprint density at radius 3 is 2.73 bits per heavy atom. The van der Waals surface area contributed by atoms with Gasteiger partial charge in [0.2, 0.25) is 11.8 Å². The molecule has 8 heteroatoms. The molecule has 4 aliphatic rings. The molecular formula is C18H13ClN2O5. The monoisotopic (exact) mass is 372 g/mol. The first-order valence-electron chi connectivity index (χ1n) is 8.24. The number of hydrogen-bond donors (Lipinski definition) is 0. The molecule has 0 aromatic heterocycles. The maximum absolute atomic E-state index is 13.3. The number of fused-ring (bicyclic) bond motifs is 5. The third-order valence-electron chi connectivity index (χ3n) is 5.39. The number of hydrogen-bond acceptors (Lipinski definition) is 6. The van der Waals surface area contributed by atoms with Crippen LogP contribution in [0.4, 0.5) is 5.69 Å². The van der Waals surface area contributed by atoms with Crippen LogP contribution in [-0.2, 0) is 23.8 Å². The molecule has 2 amide bonds. The highest BCUT2D eigenvalue weighted by atomic mass is 35.5. The van der Waals surface area contributed by atoms with Crippen molar-refractivity contribution in [3.8, 4) is 6.07 Å². The van der Waals surface area contributed by atoms with Crippen LogP contribution in [0.25, 0.3) is 0 Å². The molecule has 0 aliphatic carbocycles. The van der Waals surface area contributed by atoms with Gasteiger partial charge in [0.15, 0.2) is 11.9 Å². The van der Waals surface area contributed by atoms with E-state index in [-0.39, 0.29) is 11.3 Å². The normalized spacial score (nSPS) is 35.4. The number of amides is 2. The van der Waals surface area contributed by atoms with Crippen molar-refractivity contribution in [2.45, 2.75) is 18.0 Å². The van der Waals surface area contributed by atoms with Gasteiger partial charge < -0.3 is 14.2 Å². The maximum Gasteiger partial charge on any atom is 0.241 e. The summed E-state index contributed by atoms with van der Waals surface area (Å²) in [7, 11) is 0. The molecule has 1 aromatic carbocycles. The molecule has 7 nitrogen and oxygen atoms in total. The van der Waals surface area contributed by atoms with Crippen LogP contribution in [0, 0.1) is 23.2 Å². The number of rotatable bonds is 2. The molecule has 0 radical (unpaired) electrons. The lowest BCUT2D eigenvalue weighted by Gasteiger charge is -2.32. The third-order valence-corrected chi connectivity index (χ3v) is 5.62. The van der Waals surface area contributed by atoms with Crippen LogP contribution in [0.5, 0.6) is 0 Å². The minimum atomic E-state index is -1.11. The predicted octanol–water partition coefficient (Wildman–Crippen LogP) is 1.40. The molecule has 3 saturated heterocycles. The van der Waals surface area contributed by atoms with Gasteiger partial charge in [0, 0.05) is 5.02 Å². The third kappa shape index (κ3) is 1.87. The minimum Gasteiger partial charge on any atom is -0.357 e. The fourth-order valence-corrected chi connectivity index (χ4v) is 4.51. The Bertz CT molecular complexity index is 903. The van der Waals surface area contributed by atoms with Gasteiger partial charge in [-0.15, -0.1) is 0 Å². The molecule has 4 heterocycles. The van der Waals surface area contributed by atoms with Crippen molar-refractivity contribution in [2.24, 2.45) is 11.8 Å². The molecule has 4 aliphatic heterocycles. The van der Waals surface area contributed by atoms with Crippen LogP contribution in [0.2, 0.25) is 5.02 Å². The highest BCUT2D eigenvalue weighted by Gasteiger charge is 2.71. The van der Waals surface area contributed by atoms with Gasteiger partial charge in [0.1, 0.15) is 6.07 Å². The zero-order chi connectivity index (χ0) is 18.1. The highest BCUT2D eigenvalue weighted by Crippen LogP contribution is 2.55. The van der Waals surface area contributed by atoms with Gasteiger partial charge in [-0.2, -0.15) is 5.26 Å². The lowest BCUT2D eigenvalue weighted by atomic mass is 9.76. The van der Waals surface area contributed by atoms with E-state index in [0.29, 0.717) is 18.2 Å². The SMILES string of the molecule is N#Cc1ccc(Cl)cc1N1C(=O)[C@H]2[C@@H](C1=O)[C@@]1(C3OCCO3)C=C[C@H]2O1. The quantitative estimate of drug-likeness (QED) is 0.576. The fourth-order valence-electron chi connectivity index (χ4n) is 4.35. The first-order valence-corrected chi connectivity index (χ1v) is 8.62. The summed E-state index contributed by atoms with van der Waals surface area (Å²) in [6.07, 6.45) is 2.31. The number of nitriles is 1. The zero-order valence-electron chi connectivity index (χ0n) is 13.4. The van der Waals surface area contributed by atoms with Gasteiger partial charge in [0.25, 0.3) is 0 Å². The molecular weight excluding hydrogens is 360 g/mol. The molecule has 2 bridgehead atoms. The predicted molar refractivity (Wildman–Crippen MR) is 88.1 cm³/mol. The van der Waals surface area contributed by atoms with Gasteiger partial charge in [-0.05, 0) is 24.3 Å². The fraction of sp³-hybridized carbons (Fsp3) is 0.389. The summed E-state index contributed by atoms with van der Waals surface area (Å²) in [5, 5.41) is 9.70. The maximum atomic E-state index is 13.3. The van der Waals surface area contributed by atoms with E-state index in [1.54, 1.807) is 18.2 Å². The van der Waals surface area contributed by atoms with Crippen LogP contribution in [-0.4, -0.2) is 43.0 Å². The van der Waals surface area contributed by atoms with Crippen molar-refractivity contribution in [1.29, 1.82) is 5.26 Å². The molecule has 1 aromatic rings. The van der Waals surface area contributed by atoms with Crippen LogP contribution < -0.4 is 4.90 Å². The van der Waals surface area contributed by atoms with E-state index in [4.69, 9.17) is 25.8 Å². The minimum absolute atomic E-state index is 0.201. The average Bonchev–Trinajstić information content (AvgIpc) is 3.38. The average molecular weight is 373 g/mol. The molecule has 26 heavy (non-hydrogen) atoms. The van der Waals surface area contributed by atoms with Crippen molar-refractivity contribution < 1.29 is 23.8 Å². The number of halogens is 1. The van der Waals surface area contributed by atoms with Crippen molar-refractivity contribution in [2.75, 3.05) is 18.1 Å². The van der Waals surface area contributed by atoms with Gasteiger partial charge in [-0.1, -0.05) is 17.7 Å². The van der Waals surface area contributed by atoms with Gasteiger partial charge in [0.05, 0.1) is 42.4 Å². The summed E-state index contributed by atoms with van der Waals surface area (Å²) in [5.74, 6) is -2.23. The van der Waals surface area contributed by atoms with Crippen molar-refractivity contribution in [1.82, 2.24) is 0 Å². The number of nitrogens with zero attached hydrogens (tertiary/aromatic N) is 2. The van der Waals surface area contributed by atoms with Crippen LogP contribution in [0.15, 0.2) is 30.4 Å². The molecule has 0 unspecified atom stereocenters. The molecule has 0 N–H and O–H groups in total. The Labute approximate surface area is 153 Å². The Morgan fingerprint density at radius 1 is 1.23 bits per heavy atom. The summed E-state index contributed by atoms with van der Waals surface area (Å²) >= 11 is 6.03. The van der Waals surface area contributed by atoms with E-state index in [0.717, 1.165) is 4.90 Å². The topological polar surface area (TPSA) is 88.9 Å². The largest absolute Gasteiger partial charge is 0.357 e. The van der Waals surface area contributed by atoms with E-state index >= 15 is 0 Å². The van der Waals surface area contributed by atoms with Gasteiger partial charge in [-0.3, -0.25) is 9.59 Å². The first-order chi connectivity index (χ1) is 12.6. The van der Waals surface area contributed by atoms with E-state index < -0.39 is 41.6 Å². The lowest BCUT2D eigenvalue weighted by Crippen LogP contribution is -2.49. The second-order valence-corrected chi connectivity index (χ2v) is 7.09. The Hall–Kier alpha value is -2.24. The second-order valence-electron chi connectivity index (χ2n) is 6.66. The molecule has 3 fully saturated rings. The van der Waals surface area contributed by atoms with E-state index in [1.807, 2.05) is 6.07 Å². The summed E-state index contributed by atoms with van der Waals surface area (Å²) in [4.78, 5) is 27.4. The van der Waals surface area contributed by atoms with Gasteiger partial charge in [-0.25, -0.2) is 4.90 Å². The summed E-state index contributed by atoms with van der Waals surface area (Å²) in [5.41, 5.74) is -0.703. The Balaban J connectivity index is 1.60. The van der Waals surface area contributed by atoms with Crippen LogP contribution in [0.3, 0.4) is 0 Å². The number of imide groups is 1. The number of carbonyl (C=O) groups is 2. The van der Waals surface area contributed by atoms with E-state index in [9.17, 15) is 14.9 Å². The van der Waals surface area contributed by atoms with E-state index in [1.165, 1.54) is 12.1 Å². The van der Waals surface area contributed by atoms with Gasteiger partial charge >= 0.3 is 0 Å². The zero-order valence-corrected chi connectivity index (χ0v) is 14.2. The highest BCUT2D eigenvalue weighted by molar-refractivity contribution is 6.31. The van der Waals surface area contributed by atoms with Crippen LogP contribution >= 0.6 is 11.6 Å². The molecule has 0 spiro atoms. The number of benzene rings is 1. The summed E-state index contributed by atoms with van der Waals surface area (Å²) in [6.45, 7) is 0.814. The molecule has 0 saturated carbocycles. The Morgan fingerprint density at radius 2 is 2.00 bits per heavy atom. The van der Waals surface area contributed by atoms with Crippen molar-refractivity contribution >= 4 is 29.1 Å². The van der Waals surface area contributed by atoms with Crippen molar-refractivity contribution in [3.05, 3.63) is 40.9 Å². The molecule has 5 rings (SSSR count). The van der Waals surface area contributed by atoms with Crippen LogP contribution in [0.1, 0.15) is 5.56 Å². The summed E-state index contributed by atoms with van der Waals surface area (Å²) < 4.78 is 17.2. The Kier molecular flexibility index (Phi) is 3.30. The summed E-state index contributed by atoms with van der Waals surface area (Å²) in [6, 6.07) is 6.51. The first kappa shape index (κ1) is 16.0. The molecule has 132 valence electrons. The standard InChI is InChI=1S/C18H13ClN2O5/c19-10-2-1-9(8-20)11(7-10)21-15(22)13-12-3-4-18(26-12,14(13)16(21)23)17-24-5-6-25-17/h1-4,7,12-14,17H,5-6H2/t12-,13-,14+,18-/m1/s1. The second kappa shape index (κ2) is 5.38.